The van der Waals surface area contributed by atoms with E-state index in [1.54, 1.807) is 0 Å². The fourth-order valence-electron chi connectivity index (χ4n) is 3.06. The third-order valence-corrected chi connectivity index (χ3v) is 5.75. The molecule has 1 N–H and O–H groups in total. The largest absolute Gasteiger partial charge is 0.481 e. The first-order chi connectivity index (χ1) is 12.0. The molecule has 1 fully saturated rings. The number of allylic oxidation sites excluding steroid dienone is 2. The third-order valence-electron chi connectivity index (χ3n) is 4.60. The molecule has 0 aromatic carbocycles. The molecule has 26 heavy (non-hydrogen) atoms. The lowest BCUT2D eigenvalue weighted by atomic mass is 9.86. The Bertz CT molecular complexity index is 862. The van der Waals surface area contributed by atoms with Crippen LogP contribution in [0.5, 0.6) is 0 Å². The fourth-order valence-corrected chi connectivity index (χ4v) is 4.05. The topological polar surface area (TPSA) is 107 Å². The summed E-state index contributed by atoms with van der Waals surface area (Å²) in [7, 11) is -3.78. The van der Waals surface area contributed by atoms with Gasteiger partial charge in [0, 0.05) is 25.8 Å². The summed E-state index contributed by atoms with van der Waals surface area (Å²) in [6.07, 6.45) is -1.57. The second-order valence-electron chi connectivity index (χ2n) is 6.18. The Balaban J connectivity index is 1.91. The Labute approximate surface area is 146 Å². The van der Waals surface area contributed by atoms with Crippen molar-refractivity contribution in [3.8, 4) is 0 Å². The molecule has 1 amide bonds. The van der Waals surface area contributed by atoms with Crippen LogP contribution in [0.3, 0.4) is 0 Å². The number of carboxylic acid groups (broad SMARTS) is 1. The van der Waals surface area contributed by atoms with Gasteiger partial charge in [0.05, 0.1) is 11.3 Å². The normalized spacial score (nSPS) is 27.7. The number of sulfonamides is 1. The van der Waals surface area contributed by atoms with Gasteiger partial charge in [-0.25, -0.2) is 8.42 Å². The van der Waals surface area contributed by atoms with E-state index in [9.17, 15) is 31.2 Å². The van der Waals surface area contributed by atoms with E-state index in [1.807, 2.05) is 0 Å². The number of amides is 1. The lowest BCUT2D eigenvalue weighted by Crippen LogP contribution is -2.48. The van der Waals surface area contributed by atoms with Crippen LogP contribution in [0.4, 0.5) is 13.2 Å². The highest BCUT2D eigenvalue weighted by Crippen LogP contribution is 2.46. The van der Waals surface area contributed by atoms with Crippen LogP contribution in [-0.4, -0.2) is 72.6 Å². The molecule has 8 nitrogen and oxygen atoms in total. The molecule has 0 spiro atoms. The van der Waals surface area contributed by atoms with E-state index in [4.69, 9.17) is 5.11 Å². The van der Waals surface area contributed by atoms with Crippen LogP contribution >= 0.6 is 0 Å². The Morgan fingerprint density at radius 3 is 2.54 bits per heavy atom. The summed E-state index contributed by atoms with van der Waals surface area (Å²) in [5, 5.41) is 9.07. The summed E-state index contributed by atoms with van der Waals surface area (Å²) < 4.78 is 66.7. The number of hydrogen-bond donors (Lipinski definition) is 1. The highest BCUT2D eigenvalue weighted by atomic mass is 32.2. The summed E-state index contributed by atoms with van der Waals surface area (Å²) in [5.41, 5.74) is -3.22. The first kappa shape index (κ1) is 18.4. The SMILES string of the molecule is O=C(C1=CC=CN2CCS(=O)(=O)N=C12)N1CCC(C(=O)O)(C(F)(F)F)C1. The summed E-state index contributed by atoms with van der Waals surface area (Å²) in [6, 6.07) is 0. The number of carboxylic acids is 1. The molecule has 3 heterocycles. The number of amidine groups is 1. The molecule has 1 saturated heterocycles. The Hall–Kier alpha value is -2.37. The third kappa shape index (κ3) is 2.87. The van der Waals surface area contributed by atoms with E-state index in [0.29, 0.717) is 0 Å². The molecule has 3 aliphatic rings. The maximum absolute atomic E-state index is 13.3. The minimum Gasteiger partial charge on any atom is -0.481 e. The smallest absolute Gasteiger partial charge is 0.406 e. The molecule has 1 unspecified atom stereocenters. The van der Waals surface area contributed by atoms with E-state index in [1.165, 1.54) is 23.3 Å². The Morgan fingerprint density at radius 1 is 1.27 bits per heavy atom. The number of hydrogen-bond acceptors (Lipinski definition) is 5. The molecule has 0 radical (unpaired) electrons. The number of fused-ring (bicyclic) bond motifs is 1. The van der Waals surface area contributed by atoms with Gasteiger partial charge in [-0.2, -0.15) is 13.2 Å². The van der Waals surface area contributed by atoms with Crippen molar-refractivity contribution in [2.24, 2.45) is 9.81 Å². The van der Waals surface area contributed by atoms with E-state index in [2.05, 4.69) is 4.40 Å². The first-order valence-corrected chi connectivity index (χ1v) is 9.15. The molecule has 12 heteroatoms. The summed E-state index contributed by atoms with van der Waals surface area (Å²) in [6.45, 7) is -1.39. The van der Waals surface area contributed by atoms with Crippen molar-refractivity contribution in [2.45, 2.75) is 12.6 Å². The van der Waals surface area contributed by atoms with Gasteiger partial charge in [-0.3, -0.25) is 9.59 Å². The first-order valence-electron chi connectivity index (χ1n) is 7.54. The van der Waals surface area contributed by atoms with Gasteiger partial charge in [-0.1, -0.05) is 0 Å². The van der Waals surface area contributed by atoms with Crippen molar-refractivity contribution in [1.29, 1.82) is 0 Å². The molecular formula is C14H14F3N3O5S. The summed E-state index contributed by atoms with van der Waals surface area (Å²) >= 11 is 0. The Kier molecular flexibility index (Phi) is 4.13. The molecule has 0 aliphatic carbocycles. The number of likely N-dealkylation sites (tertiary alicyclic amines) is 1. The van der Waals surface area contributed by atoms with Gasteiger partial charge < -0.3 is 14.9 Å². The zero-order valence-corrected chi connectivity index (χ0v) is 14.0. The van der Waals surface area contributed by atoms with E-state index >= 15 is 0 Å². The number of rotatable bonds is 2. The van der Waals surface area contributed by atoms with E-state index < -0.39 is 53.0 Å². The standard InChI is InChI=1S/C14H14F3N3O5S/c15-14(16,17)13(12(22)23)3-5-20(8-13)11(21)9-2-1-4-19-6-7-26(24,25)18-10(9)19/h1-2,4H,3,5-8H2,(H,22,23). The zero-order valence-electron chi connectivity index (χ0n) is 13.2. The van der Waals surface area contributed by atoms with Gasteiger partial charge in [0.25, 0.3) is 15.9 Å². The molecule has 142 valence electrons. The number of aliphatic carboxylic acids is 1. The summed E-state index contributed by atoms with van der Waals surface area (Å²) in [5.74, 6) is -3.34. The van der Waals surface area contributed by atoms with Crippen molar-refractivity contribution in [3.63, 3.8) is 0 Å². The van der Waals surface area contributed by atoms with Crippen LogP contribution in [0.1, 0.15) is 6.42 Å². The highest BCUT2D eigenvalue weighted by molar-refractivity contribution is 7.90. The predicted octanol–water partition coefficient (Wildman–Crippen LogP) is 0.350. The number of halogens is 3. The van der Waals surface area contributed by atoms with Crippen molar-refractivity contribution >= 4 is 27.7 Å². The molecule has 0 bridgehead atoms. The van der Waals surface area contributed by atoms with Gasteiger partial charge in [0.1, 0.15) is 0 Å². The van der Waals surface area contributed by atoms with Crippen molar-refractivity contribution in [3.05, 3.63) is 23.9 Å². The van der Waals surface area contributed by atoms with Crippen LogP contribution < -0.4 is 0 Å². The zero-order chi connectivity index (χ0) is 19.3. The van der Waals surface area contributed by atoms with Gasteiger partial charge >= 0.3 is 12.1 Å². The lowest BCUT2D eigenvalue weighted by molar-refractivity contribution is -0.227. The fraction of sp³-hybridized carbons (Fsp3) is 0.500. The van der Waals surface area contributed by atoms with E-state index in [-0.39, 0.29) is 23.7 Å². The molecule has 0 saturated carbocycles. The van der Waals surface area contributed by atoms with Crippen molar-refractivity contribution in [1.82, 2.24) is 9.80 Å². The van der Waals surface area contributed by atoms with Gasteiger partial charge in [0.15, 0.2) is 11.3 Å². The molecule has 1 atom stereocenters. The number of carbonyl (C=O) groups is 2. The number of nitrogens with zero attached hydrogens (tertiary/aromatic N) is 3. The summed E-state index contributed by atoms with van der Waals surface area (Å²) in [4.78, 5) is 26.1. The second-order valence-corrected chi connectivity index (χ2v) is 7.93. The highest BCUT2D eigenvalue weighted by Gasteiger charge is 2.64. The van der Waals surface area contributed by atoms with Crippen molar-refractivity contribution < 1.29 is 36.3 Å². The predicted molar refractivity (Wildman–Crippen MR) is 82.5 cm³/mol. The van der Waals surface area contributed by atoms with E-state index in [0.717, 1.165) is 4.90 Å². The quantitative estimate of drug-likeness (QED) is 0.726. The number of alkyl halides is 3. The van der Waals surface area contributed by atoms with Crippen LogP contribution in [0.25, 0.3) is 0 Å². The van der Waals surface area contributed by atoms with Crippen LogP contribution in [0.15, 0.2) is 28.3 Å². The van der Waals surface area contributed by atoms with Crippen LogP contribution in [-0.2, 0) is 19.6 Å². The average molecular weight is 393 g/mol. The maximum atomic E-state index is 13.3. The average Bonchev–Trinajstić information content (AvgIpc) is 2.99. The van der Waals surface area contributed by atoms with Gasteiger partial charge in [-0.05, 0) is 18.6 Å². The minimum atomic E-state index is -5.02. The van der Waals surface area contributed by atoms with Crippen LogP contribution in [0, 0.1) is 5.41 Å². The molecule has 0 aromatic rings. The van der Waals surface area contributed by atoms with Gasteiger partial charge in [0.2, 0.25) is 0 Å². The minimum absolute atomic E-state index is 0.0594. The lowest BCUT2D eigenvalue weighted by Gasteiger charge is -2.31. The monoisotopic (exact) mass is 393 g/mol. The maximum Gasteiger partial charge on any atom is 0.406 e. The number of carbonyl (C=O) groups excluding carboxylic acids is 1. The molecule has 3 rings (SSSR count). The van der Waals surface area contributed by atoms with Gasteiger partial charge in [-0.15, -0.1) is 4.40 Å². The Morgan fingerprint density at radius 2 is 1.96 bits per heavy atom. The van der Waals surface area contributed by atoms with Crippen LogP contribution in [0.2, 0.25) is 0 Å². The molecule has 3 aliphatic heterocycles. The van der Waals surface area contributed by atoms with Crippen molar-refractivity contribution in [2.75, 3.05) is 25.4 Å². The molecule has 0 aromatic heterocycles. The second kappa shape index (κ2) is 5.83. The molecular weight excluding hydrogens is 379 g/mol.